The molecule has 0 heterocycles. The van der Waals surface area contributed by atoms with Gasteiger partial charge in [0, 0.05) is 27.8 Å². The van der Waals surface area contributed by atoms with Crippen molar-refractivity contribution in [2.75, 3.05) is 6.54 Å². The number of aryl methyl sites for hydroxylation is 1. The Morgan fingerprint density at radius 3 is 2.94 bits per heavy atom. The average Bonchev–Trinajstić information content (AvgIpc) is 2.78. The van der Waals surface area contributed by atoms with Gasteiger partial charge in [0.1, 0.15) is 0 Å². The van der Waals surface area contributed by atoms with Crippen molar-refractivity contribution >= 4 is 10.8 Å². The van der Waals surface area contributed by atoms with E-state index in [9.17, 15) is 4.21 Å². The molecule has 1 aromatic carbocycles. The molecule has 0 aromatic heterocycles. The first-order valence-corrected chi connectivity index (χ1v) is 8.23. The highest BCUT2D eigenvalue weighted by atomic mass is 32.2. The topological polar surface area (TPSA) is 29.1 Å². The summed E-state index contributed by atoms with van der Waals surface area (Å²) in [5.41, 5.74) is 2.46. The lowest BCUT2D eigenvalue weighted by Gasteiger charge is -2.12. The first kappa shape index (κ1) is 13.8. The third-order valence-corrected chi connectivity index (χ3v) is 5.43. The fourth-order valence-corrected chi connectivity index (χ4v) is 4.33. The van der Waals surface area contributed by atoms with E-state index in [1.54, 1.807) is 0 Å². The molecule has 2 rings (SSSR count). The predicted molar refractivity (Wildman–Crippen MR) is 78.1 cm³/mol. The third-order valence-electron chi connectivity index (χ3n) is 3.64. The maximum absolute atomic E-state index is 12.4. The number of hydrogen-bond donors (Lipinski definition) is 1. The zero-order valence-electron chi connectivity index (χ0n) is 11.3. The second-order valence-electron chi connectivity index (χ2n) is 5.20. The van der Waals surface area contributed by atoms with Crippen LogP contribution in [0, 0.1) is 6.92 Å². The molecule has 1 aromatic rings. The first-order valence-electron chi connectivity index (χ1n) is 6.85. The molecule has 2 nitrogen and oxygen atoms in total. The summed E-state index contributed by atoms with van der Waals surface area (Å²) in [7, 11) is -0.719. The standard InChI is InChI=1S/C15H23NOS/c1-3-16-14-7-8-15(10-14)18(17)11-13-6-4-5-12(2)9-13/h4-6,9,14-16H,3,7-8,10-11H2,1-2H3. The van der Waals surface area contributed by atoms with E-state index in [-0.39, 0.29) is 0 Å². The summed E-state index contributed by atoms with van der Waals surface area (Å²) in [6.45, 7) is 5.24. The Labute approximate surface area is 113 Å². The molecule has 3 heteroatoms. The summed E-state index contributed by atoms with van der Waals surface area (Å²) in [5.74, 6) is 0.713. The van der Waals surface area contributed by atoms with Crippen molar-refractivity contribution in [1.82, 2.24) is 5.32 Å². The van der Waals surface area contributed by atoms with Crippen LogP contribution in [0.5, 0.6) is 0 Å². The number of rotatable bonds is 5. The smallest absolute Gasteiger partial charge is 0.0488 e. The minimum Gasteiger partial charge on any atom is -0.314 e. The predicted octanol–water partition coefficient (Wildman–Crippen LogP) is 2.77. The minimum absolute atomic E-state index is 0.384. The summed E-state index contributed by atoms with van der Waals surface area (Å²) < 4.78 is 12.4. The van der Waals surface area contributed by atoms with Crippen LogP contribution in [0.2, 0.25) is 0 Å². The molecule has 3 unspecified atom stereocenters. The summed E-state index contributed by atoms with van der Waals surface area (Å²) >= 11 is 0. The molecule has 0 radical (unpaired) electrons. The molecule has 1 aliphatic carbocycles. The zero-order valence-corrected chi connectivity index (χ0v) is 12.1. The van der Waals surface area contributed by atoms with E-state index in [1.165, 1.54) is 17.5 Å². The molecular weight excluding hydrogens is 242 g/mol. The largest absolute Gasteiger partial charge is 0.314 e. The number of benzene rings is 1. The van der Waals surface area contributed by atoms with Gasteiger partial charge in [-0.05, 0) is 38.3 Å². The Morgan fingerprint density at radius 2 is 2.22 bits per heavy atom. The fraction of sp³-hybridized carbons (Fsp3) is 0.600. The van der Waals surface area contributed by atoms with Gasteiger partial charge in [0.2, 0.25) is 0 Å². The molecule has 0 spiro atoms. The van der Waals surface area contributed by atoms with Crippen LogP contribution in [-0.4, -0.2) is 22.0 Å². The summed E-state index contributed by atoms with van der Waals surface area (Å²) in [5, 5.41) is 3.85. The van der Waals surface area contributed by atoms with Crippen molar-refractivity contribution in [2.24, 2.45) is 0 Å². The van der Waals surface area contributed by atoms with Gasteiger partial charge in [0.15, 0.2) is 0 Å². The molecular formula is C15H23NOS. The van der Waals surface area contributed by atoms with Crippen LogP contribution in [0.15, 0.2) is 24.3 Å². The first-order chi connectivity index (χ1) is 8.69. The van der Waals surface area contributed by atoms with Gasteiger partial charge in [-0.15, -0.1) is 0 Å². The van der Waals surface area contributed by atoms with Crippen LogP contribution in [0.3, 0.4) is 0 Å². The quantitative estimate of drug-likeness (QED) is 0.887. The molecule has 1 saturated carbocycles. The highest BCUT2D eigenvalue weighted by Crippen LogP contribution is 2.25. The van der Waals surface area contributed by atoms with E-state index in [4.69, 9.17) is 0 Å². The molecule has 0 amide bonds. The highest BCUT2D eigenvalue weighted by molar-refractivity contribution is 7.84. The highest BCUT2D eigenvalue weighted by Gasteiger charge is 2.28. The Morgan fingerprint density at radius 1 is 1.39 bits per heavy atom. The molecule has 0 saturated heterocycles. The molecule has 3 atom stereocenters. The van der Waals surface area contributed by atoms with Crippen LogP contribution < -0.4 is 5.32 Å². The van der Waals surface area contributed by atoms with E-state index in [0.717, 1.165) is 19.4 Å². The lowest BCUT2D eigenvalue weighted by molar-refractivity contribution is 0.542. The van der Waals surface area contributed by atoms with E-state index >= 15 is 0 Å². The van der Waals surface area contributed by atoms with E-state index in [2.05, 4.69) is 43.4 Å². The van der Waals surface area contributed by atoms with E-state index in [1.807, 2.05) is 0 Å². The van der Waals surface area contributed by atoms with Crippen molar-refractivity contribution in [2.45, 2.75) is 50.2 Å². The second kappa shape index (κ2) is 6.48. The Hall–Kier alpha value is -0.670. The maximum Gasteiger partial charge on any atom is 0.0488 e. The van der Waals surface area contributed by atoms with Gasteiger partial charge in [-0.25, -0.2) is 0 Å². The Kier molecular flexibility index (Phi) is 4.95. The summed E-state index contributed by atoms with van der Waals surface area (Å²) in [6, 6.07) is 8.96. The summed E-state index contributed by atoms with van der Waals surface area (Å²) in [6.07, 6.45) is 3.36. The van der Waals surface area contributed by atoms with Gasteiger partial charge in [0.05, 0.1) is 0 Å². The van der Waals surface area contributed by atoms with Crippen LogP contribution in [0.25, 0.3) is 0 Å². The zero-order chi connectivity index (χ0) is 13.0. The maximum atomic E-state index is 12.4. The van der Waals surface area contributed by atoms with Gasteiger partial charge in [-0.1, -0.05) is 36.8 Å². The lowest BCUT2D eigenvalue weighted by atomic mass is 10.2. The van der Waals surface area contributed by atoms with Crippen molar-refractivity contribution < 1.29 is 4.21 Å². The lowest BCUT2D eigenvalue weighted by Crippen LogP contribution is -2.27. The molecule has 1 N–H and O–H groups in total. The molecule has 1 fully saturated rings. The Balaban J connectivity index is 1.89. The van der Waals surface area contributed by atoms with E-state index < -0.39 is 10.8 Å². The molecule has 18 heavy (non-hydrogen) atoms. The van der Waals surface area contributed by atoms with Crippen molar-refractivity contribution in [1.29, 1.82) is 0 Å². The van der Waals surface area contributed by atoms with Gasteiger partial charge in [0.25, 0.3) is 0 Å². The molecule has 0 bridgehead atoms. The summed E-state index contributed by atoms with van der Waals surface area (Å²) in [4.78, 5) is 0. The van der Waals surface area contributed by atoms with Gasteiger partial charge < -0.3 is 5.32 Å². The second-order valence-corrected chi connectivity index (χ2v) is 6.92. The monoisotopic (exact) mass is 265 g/mol. The number of hydrogen-bond acceptors (Lipinski definition) is 2. The molecule has 100 valence electrons. The number of nitrogens with one attached hydrogen (secondary N) is 1. The van der Waals surface area contributed by atoms with Gasteiger partial charge in [-0.3, -0.25) is 4.21 Å². The minimum atomic E-state index is -0.719. The van der Waals surface area contributed by atoms with Crippen molar-refractivity contribution in [3.8, 4) is 0 Å². The van der Waals surface area contributed by atoms with E-state index in [0.29, 0.717) is 17.0 Å². The molecule has 1 aliphatic rings. The van der Waals surface area contributed by atoms with Gasteiger partial charge in [-0.2, -0.15) is 0 Å². The molecule has 0 aliphatic heterocycles. The third kappa shape index (κ3) is 3.66. The normalized spacial score (nSPS) is 25.2. The van der Waals surface area contributed by atoms with Crippen LogP contribution in [-0.2, 0) is 16.6 Å². The Bertz CT molecular complexity index is 419. The van der Waals surface area contributed by atoms with Gasteiger partial charge >= 0.3 is 0 Å². The van der Waals surface area contributed by atoms with Crippen LogP contribution in [0.1, 0.15) is 37.3 Å². The average molecular weight is 265 g/mol. The van der Waals surface area contributed by atoms with Crippen molar-refractivity contribution in [3.63, 3.8) is 0 Å². The SMILES string of the molecule is CCNC1CCC(S(=O)Cc2cccc(C)c2)C1. The van der Waals surface area contributed by atoms with Crippen molar-refractivity contribution in [3.05, 3.63) is 35.4 Å². The fourth-order valence-electron chi connectivity index (χ4n) is 2.74. The van der Waals surface area contributed by atoms with Crippen LogP contribution >= 0.6 is 0 Å². The van der Waals surface area contributed by atoms with Crippen LogP contribution in [0.4, 0.5) is 0 Å².